The Labute approximate surface area is 148 Å². The van der Waals surface area contributed by atoms with Gasteiger partial charge in [0.15, 0.2) is 11.6 Å². The minimum absolute atomic E-state index is 0.724. The van der Waals surface area contributed by atoms with Crippen LogP contribution in [0.15, 0.2) is 42.5 Å². The van der Waals surface area contributed by atoms with Crippen molar-refractivity contribution in [2.24, 2.45) is 0 Å². The third kappa shape index (κ3) is 2.70. The second-order valence-electron chi connectivity index (χ2n) is 6.89. The fourth-order valence-corrected chi connectivity index (χ4v) is 3.38. The number of hydrogen-bond donors (Lipinski definition) is 0. The number of nitrogens with zero attached hydrogens (tertiary/aromatic N) is 5. The van der Waals surface area contributed by atoms with Crippen molar-refractivity contribution in [2.45, 2.75) is 26.9 Å². The third-order valence-corrected chi connectivity index (χ3v) is 4.74. The minimum Gasteiger partial charge on any atom is -0.332 e. The van der Waals surface area contributed by atoms with E-state index in [1.165, 1.54) is 22.5 Å². The fourth-order valence-electron chi connectivity index (χ4n) is 3.38. The Balaban J connectivity index is 1.85. The van der Waals surface area contributed by atoms with Crippen LogP contribution in [0.5, 0.6) is 0 Å². The summed E-state index contributed by atoms with van der Waals surface area (Å²) in [7, 11) is 4.08. The molecule has 0 saturated heterocycles. The lowest BCUT2D eigenvalue weighted by Crippen LogP contribution is -2.26. The molecule has 0 spiro atoms. The number of rotatable bonds is 3. The van der Waals surface area contributed by atoms with E-state index in [0.29, 0.717) is 0 Å². The first-order valence-electron chi connectivity index (χ1n) is 8.57. The molecule has 128 valence electrons. The molecule has 25 heavy (non-hydrogen) atoms. The molecule has 0 N–H and O–H groups in total. The van der Waals surface area contributed by atoms with Crippen molar-refractivity contribution >= 4 is 11.4 Å². The highest BCUT2D eigenvalue weighted by molar-refractivity contribution is 5.75. The quantitative estimate of drug-likeness (QED) is 0.734. The molecule has 0 saturated carbocycles. The number of benzene rings is 2. The zero-order valence-corrected chi connectivity index (χ0v) is 15.2. The molecule has 1 aliphatic rings. The summed E-state index contributed by atoms with van der Waals surface area (Å²) in [6.45, 7) is 5.81. The Hall–Kier alpha value is -2.66. The van der Waals surface area contributed by atoms with Crippen LogP contribution in [-0.2, 0) is 13.1 Å². The molecule has 2 aromatic carbocycles. The number of hydrogen-bond acceptors (Lipinski definition) is 4. The molecule has 0 atom stereocenters. The maximum absolute atomic E-state index is 4.79. The number of anilines is 2. The average Bonchev–Trinajstić information content (AvgIpc) is 2.98. The van der Waals surface area contributed by atoms with Gasteiger partial charge >= 0.3 is 0 Å². The van der Waals surface area contributed by atoms with Gasteiger partial charge in [0.25, 0.3) is 0 Å². The number of aromatic nitrogens is 3. The average molecular weight is 333 g/mol. The van der Waals surface area contributed by atoms with Crippen LogP contribution in [0.3, 0.4) is 0 Å². The molecule has 1 aromatic heterocycles. The number of fused-ring (bicyclic) bond motifs is 3. The van der Waals surface area contributed by atoms with Crippen LogP contribution in [0.2, 0.25) is 0 Å². The number of aryl methyl sites for hydroxylation is 1. The molecule has 0 amide bonds. The third-order valence-electron chi connectivity index (χ3n) is 4.74. The molecule has 5 heteroatoms. The molecule has 0 radical (unpaired) electrons. The van der Waals surface area contributed by atoms with E-state index in [1.807, 2.05) is 18.8 Å². The lowest BCUT2D eigenvalue weighted by Gasteiger charge is -2.32. The summed E-state index contributed by atoms with van der Waals surface area (Å²) < 4.78 is 2.00. The predicted molar refractivity (Wildman–Crippen MR) is 101 cm³/mol. The monoisotopic (exact) mass is 333 g/mol. The molecular weight excluding hydrogens is 310 g/mol. The van der Waals surface area contributed by atoms with Gasteiger partial charge in [-0.25, -0.2) is 9.67 Å². The standard InChI is InChI=1S/C20H23N5/c1-14-8-7-11-16(15(14)2)24-13-20-21-19(12-23(3)4)22-25(20)18-10-6-5-9-17(18)24/h5-11H,12-13H2,1-4H3. The molecule has 0 unspecified atom stereocenters. The molecule has 1 aliphatic heterocycles. The summed E-state index contributed by atoms with van der Waals surface area (Å²) in [6, 6.07) is 14.9. The Kier molecular flexibility index (Phi) is 3.81. The highest BCUT2D eigenvalue weighted by Crippen LogP contribution is 2.38. The van der Waals surface area contributed by atoms with Crippen molar-refractivity contribution in [1.82, 2.24) is 19.7 Å². The highest BCUT2D eigenvalue weighted by Gasteiger charge is 2.26. The molecule has 0 fully saturated rings. The van der Waals surface area contributed by atoms with Crippen LogP contribution < -0.4 is 4.90 Å². The van der Waals surface area contributed by atoms with E-state index in [1.54, 1.807) is 0 Å². The van der Waals surface area contributed by atoms with Crippen LogP contribution in [0.1, 0.15) is 22.8 Å². The summed E-state index contributed by atoms with van der Waals surface area (Å²) >= 11 is 0. The second kappa shape index (κ2) is 6.01. The molecular formula is C20H23N5. The maximum Gasteiger partial charge on any atom is 0.165 e. The van der Waals surface area contributed by atoms with E-state index < -0.39 is 0 Å². The Morgan fingerprint density at radius 3 is 2.44 bits per heavy atom. The second-order valence-corrected chi connectivity index (χ2v) is 6.89. The normalized spacial score (nSPS) is 13.1. The summed E-state index contributed by atoms with van der Waals surface area (Å²) in [5, 5.41) is 4.74. The SMILES string of the molecule is Cc1cccc(N2Cc3nc(CN(C)C)nn3-c3ccccc32)c1C. The summed E-state index contributed by atoms with van der Waals surface area (Å²) in [5.74, 6) is 1.84. The van der Waals surface area contributed by atoms with Crippen molar-refractivity contribution in [3.05, 3.63) is 65.2 Å². The Bertz CT molecular complexity index is 926. The fraction of sp³-hybridized carbons (Fsp3) is 0.300. The van der Waals surface area contributed by atoms with Gasteiger partial charge in [0, 0.05) is 5.69 Å². The first kappa shape index (κ1) is 15.8. The summed E-state index contributed by atoms with van der Waals surface area (Å²) in [4.78, 5) is 9.23. The van der Waals surface area contributed by atoms with E-state index in [-0.39, 0.29) is 0 Å². The van der Waals surface area contributed by atoms with Gasteiger partial charge in [-0.2, -0.15) is 0 Å². The first-order valence-corrected chi connectivity index (χ1v) is 8.57. The number of para-hydroxylation sites is 2. The Morgan fingerprint density at radius 1 is 0.960 bits per heavy atom. The van der Waals surface area contributed by atoms with Gasteiger partial charge in [0.1, 0.15) is 0 Å². The largest absolute Gasteiger partial charge is 0.332 e. The van der Waals surface area contributed by atoms with Crippen LogP contribution in [-0.4, -0.2) is 33.8 Å². The predicted octanol–water partition coefficient (Wildman–Crippen LogP) is 3.60. The van der Waals surface area contributed by atoms with Gasteiger partial charge in [-0.05, 0) is 57.3 Å². The lowest BCUT2D eigenvalue weighted by atomic mass is 10.1. The van der Waals surface area contributed by atoms with Gasteiger partial charge in [0.2, 0.25) is 0 Å². The van der Waals surface area contributed by atoms with E-state index in [4.69, 9.17) is 10.1 Å². The first-order chi connectivity index (χ1) is 12.0. The topological polar surface area (TPSA) is 37.2 Å². The molecule has 2 heterocycles. The lowest BCUT2D eigenvalue weighted by molar-refractivity contribution is 0.390. The van der Waals surface area contributed by atoms with Crippen LogP contribution in [0.25, 0.3) is 5.69 Å². The highest BCUT2D eigenvalue weighted by atomic mass is 15.4. The molecule has 0 aliphatic carbocycles. The molecule has 5 nitrogen and oxygen atoms in total. The van der Waals surface area contributed by atoms with Gasteiger partial charge < -0.3 is 9.80 Å². The summed E-state index contributed by atoms with van der Waals surface area (Å²) in [6.07, 6.45) is 0. The maximum atomic E-state index is 4.79. The Morgan fingerprint density at radius 2 is 1.68 bits per heavy atom. The zero-order chi connectivity index (χ0) is 17.6. The van der Waals surface area contributed by atoms with Crippen molar-refractivity contribution in [3.63, 3.8) is 0 Å². The van der Waals surface area contributed by atoms with Crippen molar-refractivity contribution in [2.75, 3.05) is 19.0 Å². The minimum atomic E-state index is 0.724. The molecule has 3 aromatic rings. The van der Waals surface area contributed by atoms with Crippen molar-refractivity contribution < 1.29 is 0 Å². The van der Waals surface area contributed by atoms with Gasteiger partial charge in [-0.15, -0.1) is 5.10 Å². The van der Waals surface area contributed by atoms with Gasteiger partial charge in [-0.1, -0.05) is 24.3 Å². The van der Waals surface area contributed by atoms with Gasteiger partial charge in [0.05, 0.1) is 24.5 Å². The van der Waals surface area contributed by atoms with Gasteiger partial charge in [-0.3, -0.25) is 0 Å². The molecule has 4 rings (SSSR count). The van der Waals surface area contributed by atoms with E-state index >= 15 is 0 Å². The van der Waals surface area contributed by atoms with Crippen molar-refractivity contribution in [1.29, 1.82) is 0 Å². The van der Waals surface area contributed by atoms with Crippen molar-refractivity contribution in [3.8, 4) is 5.69 Å². The smallest absolute Gasteiger partial charge is 0.165 e. The molecule has 0 bridgehead atoms. The van der Waals surface area contributed by atoms with Crippen LogP contribution >= 0.6 is 0 Å². The van der Waals surface area contributed by atoms with E-state index in [2.05, 4.69) is 66.1 Å². The van der Waals surface area contributed by atoms with E-state index in [0.717, 1.165) is 30.4 Å². The zero-order valence-electron chi connectivity index (χ0n) is 15.2. The summed E-state index contributed by atoms with van der Waals surface area (Å²) in [5.41, 5.74) is 6.09. The van der Waals surface area contributed by atoms with E-state index in [9.17, 15) is 0 Å². The van der Waals surface area contributed by atoms with Crippen LogP contribution in [0, 0.1) is 13.8 Å². The van der Waals surface area contributed by atoms with Crippen LogP contribution in [0.4, 0.5) is 11.4 Å².